The lowest BCUT2D eigenvalue weighted by atomic mass is 10.00. The Morgan fingerprint density at radius 2 is 2.31 bits per heavy atom. The second kappa shape index (κ2) is 4.58. The van der Waals surface area contributed by atoms with Gasteiger partial charge < -0.3 is 14.6 Å². The number of hydrogen-bond donors (Lipinski definition) is 1. The molecule has 0 spiro atoms. The number of ether oxygens (including phenoxy) is 2. The van der Waals surface area contributed by atoms with Crippen LogP contribution in [0.5, 0.6) is 0 Å². The molecule has 4 heteroatoms. The Morgan fingerprint density at radius 1 is 1.62 bits per heavy atom. The van der Waals surface area contributed by atoms with Crippen LogP contribution < -0.4 is 0 Å². The third-order valence-electron chi connectivity index (χ3n) is 2.19. The van der Waals surface area contributed by atoms with Crippen LogP contribution in [0.15, 0.2) is 0 Å². The minimum absolute atomic E-state index is 0.0263. The molecule has 0 aromatic carbocycles. The smallest absolute Gasteiger partial charge is 0.308 e. The number of methoxy groups -OCH3 is 1. The van der Waals surface area contributed by atoms with Gasteiger partial charge in [0.1, 0.15) is 0 Å². The highest BCUT2D eigenvalue weighted by Crippen LogP contribution is 2.21. The fourth-order valence-electron chi connectivity index (χ4n) is 1.62. The maximum Gasteiger partial charge on any atom is 0.308 e. The molecule has 1 saturated heterocycles. The predicted molar refractivity (Wildman–Crippen MR) is 46.2 cm³/mol. The van der Waals surface area contributed by atoms with Crippen LogP contribution in [0, 0.1) is 0 Å². The van der Waals surface area contributed by atoms with Crippen molar-refractivity contribution >= 4 is 5.97 Å². The number of esters is 1. The van der Waals surface area contributed by atoms with E-state index in [1.807, 2.05) is 6.92 Å². The van der Waals surface area contributed by atoms with E-state index in [1.54, 1.807) is 0 Å². The molecular weight excluding hydrogens is 172 g/mol. The Bertz CT molecular complexity index is 170. The Balaban J connectivity index is 2.37. The van der Waals surface area contributed by atoms with E-state index in [0.717, 1.165) is 0 Å². The summed E-state index contributed by atoms with van der Waals surface area (Å²) in [5.41, 5.74) is 0. The second-order valence-electron chi connectivity index (χ2n) is 3.47. The molecule has 3 atom stereocenters. The third-order valence-corrected chi connectivity index (χ3v) is 2.19. The fraction of sp³-hybridized carbons (Fsp3) is 0.889. The lowest BCUT2D eigenvalue weighted by Gasteiger charge is -2.30. The van der Waals surface area contributed by atoms with E-state index in [-0.39, 0.29) is 30.7 Å². The van der Waals surface area contributed by atoms with Gasteiger partial charge in [-0.05, 0) is 13.3 Å². The molecule has 0 radical (unpaired) electrons. The van der Waals surface area contributed by atoms with Gasteiger partial charge in [-0.3, -0.25) is 4.79 Å². The van der Waals surface area contributed by atoms with Gasteiger partial charge in [0.2, 0.25) is 0 Å². The van der Waals surface area contributed by atoms with E-state index in [0.29, 0.717) is 12.8 Å². The normalized spacial score (nSPS) is 34.2. The van der Waals surface area contributed by atoms with Crippen molar-refractivity contribution in [2.75, 3.05) is 7.11 Å². The van der Waals surface area contributed by atoms with Crippen LogP contribution in [-0.2, 0) is 14.3 Å². The molecule has 0 bridgehead atoms. The molecule has 0 aromatic heterocycles. The second-order valence-corrected chi connectivity index (χ2v) is 3.47. The molecule has 0 unspecified atom stereocenters. The van der Waals surface area contributed by atoms with Crippen molar-refractivity contribution in [3.8, 4) is 0 Å². The summed E-state index contributed by atoms with van der Waals surface area (Å²) in [7, 11) is 1.35. The summed E-state index contributed by atoms with van der Waals surface area (Å²) in [6, 6.07) is 0. The lowest BCUT2D eigenvalue weighted by Crippen LogP contribution is -2.35. The summed E-state index contributed by atoms with van der Waals surface area (Å²) in [4.78, 5) is 10.9. The first kappa shape index (κ1) is 10.5. The van der Waals surface area contributed by atoms with E-state index in [1.165, 1.54) is 7.11 Å². The van der Waals surface area contributed by atoms with Gasteiger partial charge in [-0.25, -0.2) is 0 Å². The fourth-order valence-corrected chi connectivity index (χ4v) is 1.62. The first-order valence-electron chi connectivity index (χ1n) is 4.52. The number of hydrogen-bond acceptors (Lipinski definition) is 4. The van der Waals surface area contributed by atoms with Gasteiger partial charge in [0.05, 0.1) is 31.8 Å². The van der Waals surface area contributed by atoms with Crippen molar-refractivity contribution in [1.82, 2.24) is 0 Å². The van der Waals surface area contributed by atoms with Gasteiger partial charge in [-0.1, -0.05) is 0 Å². The first-order chi connectivity index (χ1) is 6.11. The van der Waals surface area contributed by atoms with Crippen molar-refractivity contribution in [2.24, 2.45) is 0 Å². The molecule has 76 valence electrons. The molecule has 1 aliphatic rings. The number of carbonyl (C=O) groups excluding carboxylic acids is 1. The zero-order valence-corrected chi connectivity index (χ0v) is 8.03. The van der Waals surface area contributed by atoms with Gasteiger partial charge in [-0.15, -0.1) is 0 Å². The average molecular weight is 188 g/mol. The molecule has 13 heavy (non-hydrogen) atoms. The van der Waals surface area contributed by atoms with Crippen LogP contribution in [0.4, 0.5) is 0 Å². The van der Waals surface area contributed by atoms with Crippen LogP contribution >= 0.6 is 0 Å². The number of aliphatic hydroxyl groups is 1. The summed E-state index contributed by atoms with van der Waals surface area (Å²) in [6.45, 7) is 1.90. The first-order valence-corrected chi connectivity index (χ1v) is 4.52. The number of carbonyl (C=O) groups is 1. The highest BCUT2D eigenvalue weighted by molar-refractivity contribution is 5.69. The highest BCUT2D eigenvalue weighted by atomic mass is 16.5. The molecule has 1 aliphatic heterocycles. The van der Waals surface area contributed by atoms with Crippen LogP contribution in [0.25, 0.3) is 0 Å². The molecule has 1 rings (SSSR count). The number of rotatable bonds is 2. The molecule has 0 amide bonds. The minimum atomic E-state index is -0.349. The highest BCUT2D eigenvalue weighted by Gasteiger charge is 2.27. The molecule has 1 heterocycles. The van der Waals surface area contributed by atoms with Crippen molar-refractivity contribution in [1.29, 1.82) is 0 Å². The molecule has 4 nitrogen and oxygen atoms in total. The average Bonchev–Trinajstić information content (AvgIpc) is 2.02. The van der Waals surface area contributed by atoms with Crippen LogP contribution in [0.1, 0.15) is 26.2 Å². The van der Waals surface area contributed by atoms with Gasteiger partial charge in [0.25, 0.3) is 0 Å². The largest absolute Gasteiger partial charge is 0.469 e. The van der Waals surface area contributed by atoms with Crippen molar-refractivity contribution in [3.05, 3.63) is 0 Å². The SMILES string of the molecule is COC(=O)C[C@@H]1C[C@@H](O)C[C@H](C)O1. The van der Waals surface area contributed by atoms with Gasteiger partial charge >= 0.3 is 5.97 Å². The Morgan fingerprint density at radius 3 is 2.85 bits per heavy atom. The zero-order chi connectivity index (χ0) is 9.84. The summed E-state index contributed by atoms with van der Waals surface area (Å²) >= 11 is 0. The van der Waals surface area contributed by atoms with Gasteiger partial charge in [0.15, 0.2) is 0 Å². The topological polar surface area (TPSA) is 55.8 Å². The minimum Gasteiger partial charge on any atom is -0.469 e. The third kappa shape index (κ3) is 3.32. The molecule has 1 N–H and O–H groups in total. The van der Waals surface area contributed by atoms with Crippen LogP contribution in [0.3, 0.4) is 0 Å². The summed E-state index contributed by atoms with van der Waals surface area (Å²) in [5.74, 6) is -0.286. The lowest BCUT2D eigenvalue weighted by molar-refractivity contribution is -0.149. The van der Waals surface area contributed by atoms with Crippen LogP contribution in [-0.4, -0.2) is 36.5 Å². The Labute approximate surface area is 77.8 Å². The molecule has 0 saturated carbocycles. The predicted octanol–water partition coefficient (Wildman–Crippen LogP) is 0.478. The van der Waals surface area contributed by atoms with Crippen molar-refractivity contribution in [3.63, 3.8) is 0 Å². The van der Waals surface area contributed by atoms with Gasteiger partial charge in [-0.2, -0.15) is 0 Å². The van der Waals surface area contributed by atoms with E-state index in [4.69, 9.17) is 4.74 Å². The summed E-state index contributed by atoms with van der Waals surface area (Å²) in [5, 5.41) is 9.40. The summed E-state index contributed by atoms with van der Waals surface area (Å²) in [6.07, 6.45) is 0.901. The van der Waals surface area contributed by atoms with E-state index in [2.05, 4.69) is 4.74 Å². The van der Waals surface area contributed by atoms with E-state index in [9.17, 15) is 9.90 Å². The molecular formula is C9H16O4. The maximum atomic E-state index is 10.9. The zero-order valence-electron chi connectivity index (χ0n) is 8.03. The maximum absolute atomic E-state index is 10.9. The van der Waals surface area contributed by atoms with Crippen LogP contribution in [0.2, 0.25) is 0 Å². The van der Waals surface area contributed by atoms with E-state index < -0.39 is 0 Å². The van der Waals surface area contributed by atoms with E-state index >= 15 is 0 Å². The standard InChI is InChI=1S/C9H16O4/c1-6-3-7(10)4-8(13-6)5-9(11)12-2/h6-8,10H,3-5H2,1-2H3/t6-,7-,8-/m0/s1. The van der Waals surface area contributed by atoms with Gasteiger partial charge in [0, 0.05) is 6.42 Å². The molecule has 1 fully saturated rings. The van der Waals surface area contributed by atoms with Crippen molar-refractivity contribution in [2.45, 2.75) is 44.5 Å². The monoisotopic (exact) mass is 188 g/mol. The summed E-state index contributed by atoms with van der Waals surface area (Å²) < 4.78 is 9.99. The Hall–Kier alpha value is -0.610. The van der Waals surface area contributed by atoms with Crippen molar-refractivity contribution < 1.29 is 19.4 Å². The number of aliphatic hydroxyl groups excluding tert-OH is 1. The molecule has 0 aliphatic carbocycles. The quantitative estimate of drug-likeness (QED) is 0.640. The molecule has 0 aromatic rings. The Kier molecular flexibility index (Phi) is 3.69.